The number of benzene rings is 2. The molecule has 8 nitrogen and oxygen atoms in total. The summed E-state index contributed by atoms with van der Waals surface area (Å²) in [5.74, 6) is 0.553. The third kappa shape index (κ3) is 8.32. The molecular weight excluding hydrogens is 581 g/mol. The number of hydrogen-bond donors (Lipinski definition) is 3. The number of aromatic nitrogens is 4. The summed E-state index contributed by atoms with van der Waals surface area (Å²) in [6.07, 6.45) is 4.77. The van der Waals surface area contributed by atoms with Gasteiger partial charge in [0.05, 0.1) is 10.1 Å². The third-order valence-electron chi connectivity index (χ3n) is 7.44. The van der Waals surface area contributed by atoms with E-state index < -0.39 is 5.69 Å². The van der Waals surface area contributed by atoms with Crippen molar-refractivity contribution in [1.29, 1.82) is 0 Å². The molecule has 0 amide bonds. The number of H-pyrrole nitrogens is 3. The van der Waals surface area contributed by atoms with Crippen molar-refractivity contribution in [2.24, 2.45) is 5.92 Å². The van der Waals surface area contributed by atoms with Crippen LogP contribution in [0, 0.1) is 33.6 Å². The molecule has 0 saturated heterocycles. The fourth-order valence-corrected chi connectivity index (χ4v) is 7.80. The second kappa shape index (κ2) is 14.3. The lowest BCUT2D eigenvalue weighted by Crippen LogP contribution is -2.36. The monoisotopic (exact) mass is 620 g/mol. The Balaban J connectivity index is 0.000000203. The average Bonchev–Trinajstić information content (AvgIpc) is 2.86. The lowest BCUT2D eigenvalue weighted by Gasteiger charge is -2.27. The van der Waals surface area contributed by atoms with Gasteiger partial charge in [-0.15, -0.1) is 0 Å². The van der Waals surface area contributed by atoms with Gasteiger partial charge in [-0.3, -0.25) is 24.1 Å². The number of nitrogens with zero attached hydrogens (tertiary/aromatic N) is 1. The van der Waals surface area contributed by atoms with Crippen LogP contribution in [0.4, 0.5) is 0 Å². The molecule has 43 heavy (non-hydrogen) atoms. The van der Waals surface area contributed by atoms with Crippen molar-refractivity contribution in [1.82, 2.24) is 19.5 Å². The van der Waals surface area contributed by atoms with Crippen LogP contribution in [0.3, 0.4) is 0 Å². The second-order valence-corrected chi connectivity index (χ2v) is 13.4. The van der Waals surface area contributed by atoms with Crippen LogP contribution >= 0.6 is 23.5 Å². The number of aromatic amines is 3. The van der Waals surface area contributed by atoms with Gasteiger partial charge in [0.25, 0.3) is 11.1 Å². The van der Waals surface area contributed by atoms with E-state index in [2.05, 4.69) is 53.1 Å². The molecule has 0 unspecified atom stereocenters. The molecule has 228 valence electrons. The molecule has 1 aliphatic carbocycles. The van der Waals surface area contributed by atoms with E-state index in [-0.39, 0.29) is 16.8 Å². The Kier molecular flexibility index (Phi) is 10.8. The predicted octanol–water partition coefficient (Wildman–Crippen LogP) is 6.06. The van der Waals surface area contributed by atoms with Crippen molar-refractivity contribution >= 4 is 23.5 Å². The first-order valence-corrected chi connectivity index (χ1v) is 16.3. The highest BCUT2D eigenvalue weighted by atomic mass is 32.2. The molecule has 2 aromatic heterocycles. The van der Waals surface area contributed by atoms with Gasteiger partial charge in [-0.2, -0.15) is 0 Å². The minimum atomic E-state index is -0.464. The molecule has 1 aliphatic rings. The third-order valence-corrected chi connectivity index (χ3v) is 9.60. The molecule has 0 atom stereocenters. The number of rotatable bonds is 8. The summed E-state index contributed by atoms with van der Waals surface area (Å²) < 4.78 is 1.78. The summed E-state index contributed by atoms with van der Waals surface area (Å²) in [7, 11) is 0. The van der Waals surface area contributed by atoms with Crippen molar-refractivity contribution < 1.29 is 0 Å². The van der Waals surface area contributed by atoms with Gasteiger partial charge in [0.2, 0.25) is 0 Å². The Bertz CT molecular complexity index is 1810. The van der Waals surface area contributed by atoms with Crippen molar-refractivity contribution in [2.75, 3.05) is 0 Å². The predicted molar refractivity (Wildman–Crippen MR) is 175 cm³/mol. The first-order chi connectivity index (χ1) is 20.5. The Morgan fingerprint density at radius 2 is 1.21 bits per heavy atom. The van der Waals surface area contributed by atoms with Crippen molar-refractivity contribution in [2.45, 2.75) is 100 Å². The molecule has 0 radical (unpaired) electrons. The Hall–Kier alpha value is -3.50. The van der Waals surface area contributed by atoms with Crippen LogP contribution in [0.5, 0.6) is 0 Å². The molecular formula is C33H40N4O4S2. The van der Waals surface area contributed by atoms with E-state index in [0.29, 0.717) is 41.5 Å². The Morgan fingerprint density at radius 3 is 1.70 bits per heavy atom. The molecule has 2 aromatic carbocycles. The van der Waals surface area contributed by atoms with E-state index in [4.69, 9.17) is 0 Å². The first-order valence-electron chi connectivity index (χ1n) is 14.7. The molecule has 0 aliphatic heterocycles. The topological polar surface area (TPSA) is 121 Å². The molecule has 5 rings (SSSR count). The van der Waals surface area contributed by atoms with Crippen LogP contribution in [0.25, 0.3) is 0 Å². The SMILES string of the molecule is CCc1c(Sc2cc(C)cc(C)c2)[nH]c(=O)[nH]c1=O.CCc1c(Sc2cc(C)cc(C)c2)n(CC2CCC2)c(=O)[nH]c1=O. The first kappa shape index (κ1) is 32.4. The molecule has 0 spiro atoms. The van der Waals surface area contributed by atoms with Crippen molar-refractivity contribution in [3.8, 4) is 0 Å². The Morgan fingerprint density at radius 1 is 0.698 bits per heavy atom. The summed E-state index contributed by atoms with van der Waals surface area (Å²) >= 11 is 2.96. The van der Waals surface area contributed by atoms with Crippen LogP contribution in [0.1, 0.15) is 66.5 Å². The number of hydrogen-bond acceptors (Lipinski definition) is 6. The zero-order valence-electron chi connectivity index (χ0n) is 25.7. The summed E-state index contributed by atoms with van der Waals surface area (Å²) in [4.78, 5) is 57.3. The normalized spacial score (nSPS) is 12.9. The van der Waals surface area contributed by atoms with Gasteiger partial charge in [-0.1, -0.05) is 55.9 Å². The van der Waals surface area contributed by atoms with Gasteiger partial charge in [0.1, 0.15) is 0 Å². The van der Waals surface area contributed by atoms with Gasteiger partial charge < -0.3 is 4.98 Å². The smallest absolute Gasteiger partial charge is 0.301 e. The van der Waals surface area contributed by atoms with Gasteiger partial charge in [0, 0.05) is 27.5 Å². The van der Waals surface area contributed by atoms with E-state index in [1.807, 2.05) is 39.8 Å². The highest BCUT2D eigenvalue weighted by molar-refractivity contribution is 7.99. The van der Waals surface area contributed by atoms with Crippen LogP contribution in [0.15, 0.2) is 75.4 Å². The van der Waals surface area contributed by atoms with Crippen LogP contribution in [-0.2, 0) is 19.4 Å². The van der Waals surface area contributed by atoms with Gasteiger partial charge >= 0.3 is 11.4 Å². The highest BCUT2D eigenvalue weighted by Gasteiger charge is 2.22. The molecule has 1 saturated carbocycles. The van der Waals surface area contributed by atoms with E-state index >= 15 is 0 Å². The van der Waals surface area contributed by atoms with E-state index in [1.165, 1.54) is 42.2 Å². The van der Waals surface area contributed by atoms with Crippen LogP contribution < -0.4 is 22.5 Å². The fourth-order valence-electron chi connectivity index (χ4n) is 5.23. The van der Waals surface area contributed by atoms with E-state index in [0.717, 1.165) is 25.9 Å². The maximum Gasteiger partial charge on any atom is 0.329 e. The maximum atomic E-state index is 12.4. The zero-order chi connectivity index (χ0) is 31.3. The van der Waals surface area contributed by atoms with Crippen molar-refractivity contribution in [3.05, 3.63) is 111 Å². The summed E-state index contributed by atoms with van der Waals surface area (Å²) in [6.45, 7) is 12.8. The zero-order valence-corrected chi connectivity index (χ0v) is 27.3. The Labute approximate surface area is 259 Å². The highest BCUT2D eigenvalue weighted by Crippen LogP contribution is 2.33. The van der Waals surface area contributed by atoms with E-state index in [9.17, 15) is 19.2 Å². The molecule has 10 heteroatoms. The average molecular weight is 621 g/mol. The standard InChI is InChI=1S/C19H24N2O2S.C14H16N2O2S/c1-4-16-17(22)20-19(23)21(11-14-6-5-7-14)18(16)24-15-9-12(2)8-13(3)10-15;1-4-11-12(17)15-14(18)16-13(11)19-10-6-8(2)5-9(3)7-10/h8-10,14H,4-7,11H2,1-3H3,(H,20,22,23);5-7H,4H2,1-3H3,(H2,15,16,17,18). The summed E-state index contributed by atoms with van der Waals surface area (Å²) in [5, 5.41) is 1.43. The van der Waals surface area contributed by atoms with Gasteiger partial charge in [-0.25, -0.2) is 9.59 Å². The molecule has 4 aromatic rings. The number of nitrogens with one attached hydrogen (secondary N) is 3. The molecule has 0 bridgehead atoms. The lowest BCUT2D eigenvalue weighted by atomic mass is 9.85. The molecule has 1 fully saturated rings. The van der Waals surface area contributed by atoms with Crippen LogP contribution in [0.2, 0.25) is 0 Å². The van der Waals surface area contributed by atoms with Gasteiger partial charge in [-0.05, 0) is 106 Å². The molecule has 2 heterocycles. The van der Waals surface area contributed by atoms with E-state index in [1.54, 1.807) is 16.3 Å². The lowest BCUT2D eigenvalue weighted by molar-refractivity contribution is 0.264. The largest absolute Gasteiger partial charge is 0.329 e. The summed E-state index contributed by atoms with van der Waals surface area (Å²) in [5.41, 5.74) is 4.71. The fraction of sp³-hybridized carbons (Fsp3) is 0.394. The second-order valence-electron chi connectivity index (χ2n) is 11.2. The number of aryl methyl sites for hydroxylation is 4. The van der Waals surface area contributed by atoms with Gasteiger partial charge in [0.15, 0.2) is 0 Å². The minimum Gasteiger partial charge on any atom is -0.301 e. The summed E-state index contributed by atoms with van der Waals surface area (Å²) in [6, 6.07) is 12.5. The molecule has 3 N–H and O–H groups in total. The van der Waals surface area contributed by atoms with Crippen LogP contribution in [-0.4, -0.2) is 19.5 Å². The van der Waals surface area contributed by atoms with Crippen molar-refractivity contribution in [3.63, 3.8) is 0 Å². The maximum absolute atomic E-state index is 12.4. The quantitative estimate of drug-likeness (QED) is 0.206. The minimum absolute atomic E-state index is 0.251.